The molecule has 0 atom stereocenters. The van der Waals surface area contributed by atoms with Gasteiger partial charge in [0.25, 0.3) is 0 Å². The fourth-order valence-electron chi connectivity index (χ4n) is 2.48. The molecule has 3 heterocycles. The molecule has 1 aliphatic rings. The van der Waals surface area contributed by atoms with Crippen LogP contribution in [0.1, 0.15) is 30.1 Å². The summed E-state index contributed by atoms with van der Waals surface area (Å²) >= 11 is 5.88. The normalized spacial score (nSPS) is 17.8. The summed E-state index contributed by atoms with van der Waals surface area (Å²) < 4.78 is 39.9. The number of alkyl halides is 3. The first kappa shape index (κ1) is 13.6. The fourth-order valence-corrected chi connectivity index (χ4v) is 2.73. The molecular formula is C12H12ClF3N4. The van der Waals surface area contributed by atoms with E-state index in [1.807, 2.05) is 0 Å². The van der Waals surface area contributed by atoms with Crippen LogP contribution in [0.4, 0.5) is 13.2 Å². The van der Waals surface area contributed by atoms with Gasteiger partial charge in [0.05, 0.1) is 10.6 Å². The van der Waals surface area contributed by atoms with Crippen LogP contribution < -0.4 is 5.32 Å². The van der Waals surface area contributed by atoms with Gasteiger partial charge in [-0.15, -0.1) is 10.2 Å². The molecule has 0 aromatic carbocycles. The molecule has 8 heteroatoms. The molecule has 0 amide bonds. The molecule has 1 saturated heterocycles. The van der Waals surface area contributed by atoms with Gasteiger partial charge in [0.2, 0.25) is 0 Å². The van der Waals surface area contributed by atoms with E-state index in [1.54, 1.807) is 0 Å². The van der Waals surface area contributed by atoms with Crippen LogP contribution in [-0.4, -0.2) is 27.7 Å². The van der Waals surface area contributed by atoms with E-state index in [0.29, 0.717) is 5.82 Å². The average Bonchev–Trinajstić information content (AvgIpc) is 2.83. The summed E-state index contributed by atoms with van der Waals surface area (Å²) in [5, 5.41) is 11.1. The molecule has 108 valence electrons. The van der Waals surface area contributed by atoms with Crippen molar-refractivity contribution in [2.24, 2.45) is 0 Å². The van der Waals surface area contributed by atoms with Gasteiger partial charge in [0.1, 0.15) is 5.82 Å². The summed E-state index contributed by atoms with van der Waals surface area (Å²) in [5.74, 6) is 0.653. The van der Waals surface area contributed by atoms with Gasteiger partial charge in [-0.05, 0) is 32.0 Å². The van der Waals surface area contributed by atoms with Crippen molar-refractivity contribution in [3.05, 3.63) is 28.7 Å². The van der Waals surface area contributed by atoms with Crippen LogP contribution in [0.5, 0.6) is 0 Å². The third-order valence-electron chi connectivity index (χ3n) is 3.52. The minimum atomic E-state index is -4.44. The maximum Gasteiger partial charge on any atom is 0.417 e. The van der Waals surface area contributed by atoms with Crippen molar-refractivity contribution in [2.75, 3.05) is 13.1 Å². The second-order valence-corrected chi connectivity index (χ2v) is 5.26. The summed E-state index contributed by atoms with van der Waals surface area (Å²) in [6.07, 6.45) is -1.75. The van der Waals surface area contributed by atoms with Gasteiger partial charge in [-0.1, -0.05) is 11.6 Å². The van der Waals surface area contributed by atoms with Crippen molar-refractivity contribution in [1.82, 2.24) is 19.9 Å². The lowest BCUT2D eigenvalue weighted by atomic mass is 9.97. The maximum absolute atomic E-state index is 12.9. The Hall–Kier alpha value is -1.34. The van der Waals surface area contributed by atoms with Crippen molar-refractivity contribution >= 4 is 17.2 Å². The van der Waals surface area contributed by atoms with E-state index in [9.17, 15) is 13.2 Å². The predicted octanol–water partition coefficient (Wildman–Crippen LogP) is 2.87. The highest BCUT2D eigenvalue weighted by Crippen LogP contribution is 2.33. The number of hydrogen-bond acceptors (Lipinski definition) is 3. The zero-order valence-electron chi connectivity index (χ0n) is 10.4. The number of nitrogens with one attached hydrogen (secondary N) is 1. The first-order valence-electron chi connectivity index (χ1n) is 6.29. The number of rotatable bonds is 1. The minimum Gasteiger partial charge on any atom is -0.317 e. The number of halogens is 4. The molecule has 1 aliphatic heterocycles. The molecule has 4 nitrogen and oxygen atoms in total. The number of piperidine rings is 1. The third kappa shape index (κ3) is 2.35. The molecule has 3 rings (SSSR count). The van der Waals surface area contributed by atoms with Gasteiger partial charge in [-0.25, -0.2) is 0 Å². The molecule has 0 aliphatic carbocycles. The van der Waals surface area contributed by atoms with E-state index in [0.717, 1.165) is 38.2 Å². The Morgan fingerprint density at radius 3 is 2.60 bits per heavy atom. The van der Waals surface area contributed by atoms with E-state index < -0.39 is 11.7 Å². The summed E-state index contributed by atoms with van der Waals surface area (Å²) in [5.41, 5.74) is -0.516. The largest absolute Gasteiger partial charge is 0.417 e. The third-order valence-corrected chi connectivity index (χ3v) is 3.80. The number of pyridine rings is 1. The predicted molar refractivity (Wildman–Crippen MR) is 67.8 cm³/mol. The Labute approximate surface area is 117 Å². The molecule has 0 radical (unpaired) electrons. The molecule has 1 fully saturated rings. The fraction of sp³-hybridized carbons (Fsp3) is 0.500. The van der Waals surface area contributed by atoms with Crippen molar-refractivity contribution < 1.29 is 13.2 Å². The van der Waals surface area contributed by atoms with E-state index in [4.69, 9.17) is 11.6 Å². The summed E-state index contributed by atoms with van der Waals surface area (Å²) in [6.45, 7) is 1.65. The Kier molecular flexibility index (Phi) is 3.33. The standard InChI is InChI=1S/C12H12ClF3N4/c13-9-5-8(12(14,15)16)6-20-10(18-19-11(9)20)7-1-3-17-4-2-7/h5-7,17H,1-4H2. The van der Waals surface area contributed by atoms with Crippen LogP contribution in [0.25, 0.3) is 5.65 Å². The molecular weight excluding hydrogens is 293 g/mol. The lowest BCUT2D eigenvalue weighted by Gasteiger charge is -2.21. The van der Waals surface area contributed by atoms with Crippen molar-refractivity contribution in [3.8, 4) is 0 Å². The topological polar surface area (TPSA) is 42.2 Å². The maximum atomic E-state index is 12.9. The summed E-state index contributed by atoms with van der Waals surface area (Å²) in [6, 6.07) is 0.887. The Bertz CT molecular complexity index is 631. The Morgan fingerprint density at radius 2 is 1.95 bits per heavy atom. The van der Waals surface area contributed by atoms with Gasteiger partial charge in [-0.3, -0.25) is 4.40 Å². The molecule has 0 bridgehead atoms. The van der Waals surface area contributed by atoms with Crippen molar-refractivity contribution in [1.29, 1.82) is 0 Å². The molecule has 0 unspecified atom stereocenters. The highest BCUT2D eigenvalue weighted by molar-refractivity contribution is 6.33. The lowest BCUT2D eigenvalue weighted by Crippen LogP contribution is -2.27. The SMILES string of the molecule is FC(F)(F)c1cc(Cl)c2nnc(C3CCNCC3)n2c1. The Balaban J connectivity index is 2.12. The van der Waals surface area contributed by atoms with Crippen LogP contribution in [0.3, 0.4) is 0 Å². The summed E-state index contributed by atoms with van der Waals surface area (Å²) in [7, 11) is 0. The average molecular weight is 305 g/mol. The minimum absolute atomic E-state index is 0.0347. The van der Waals surface area contributed by atoms with Gasteiger partial charge in [0.15, 0.2) is 5.65 Å². The molecule has 2 aromatic heterocycles. The van der Waals surface area contributed by atoms with Crippen LogP contribution in [-0.2, 0) is 6.18 Å². The quantitative estimate of drug-likeness (QED) is 0.881. The Morgan fingerprint density at radius 1 is 1.25 bits per heavy atom. The van der Waals surface area contributed by atoms with Gasteiger partial charge >= 0.3 is 6.18 Å². The number of nitrogens with zero attached hydrogens (tertiary/aromatic N) is 3. The van der Waals surface area contributed by atoms with Gasteiger partial charge in [-0.2, -0.15) is 13.2 Å². The van der Waals surface area contributed by atoms with E-state index in [-0.39, 0.29) is 16.6 Å². The van der Waals surface area contributed by atoms with E-state index in [1.165, 1.54) is 4.40 Å². The number of fused-ring (bicyclic) bond motifs is 1. The van der Waals surface area contributed by atoms with Crippen LogP contribution in [0, 0.1) is 0 Å². The van der Waals surface area contributed by atoms with Crippen molar-refractivity contribution in [2.45, 2.75) is 24.9 Å². The second kappa shape index (κ2) is 4.89. The molecule has 0 saturated carbocycles. The second-order valence-electron chi connectivity index (χ2n) is 4.85. The zero-order chi connectivity index (χ0) is 14.3. The van der Waals surface area contributed by atoms with E-state index >= 15 is 0 Å². The van der Waals surface area contributed by atoms with Crippen LogP contribution >= 0.6 is 11.6 Å². The van der Waals surface area contributed by atoms with Crippen LogP contribution in [0.2, 0.25) is 5.02 Å². The number of hydrogen-bond donors (Lipinski definition) is 1. The monoisotopic (exact) mass is 304 g/mol. The molecule has 20 heavy (non-hydrogen) atoms. The lowest BCUT2D eigenvalue weighted by molar-refractivity contribution is -0.137. The summed E-state index contributed by atoms with van der Waals surface area (Å²) in [4.78, 5) is 0. The smallest absolute Gasteiger partial charge is 0.317 e. The van der Waals surface area contributed by atoms with Gasteiger partial charge < -0.3 is 5.32 Å². The highest BCUT2D eigenvalue weighted by atomic mass is 35.5. The zero-order valence-corrected chi connectivity index (χ0v) is 11.2. The first-order chi connectivity index (χ1) is 9.47. The van der Waals surface area contributed by atoms with Crippen LogP contribution in [0.15, 0.2) is 12.3 Å². The van der Waals surface area contributed by atoms with Crippen molar-refractivity contribution in [3.63, 3.8) is 0 Å². The molecule has 0 spiro atoms. The molecule has 2 aromatic rings. The highest BCUT2D eigenvalue weighted by Gasteiger charge is 2.33. The van der Waals surface area contributed by atoms with Gasteiger partial charge in [0, 0.05) is 12.1 Å². The van der Waals surface area contributed by atoms with E-state index in [2.05, 4.69) is 15.5 Å². The molecule has 1 N–H and O–H groups in total. The first-order valence-corrected chi connectivity index (χ1v) is 6.66. The number of aromatic nitrogens is 3.